The number of likely N-dealkylation sites (tertiary alicyclic amines) is 1. The van der Waals surface area contributed by atoms with Crippen LogP contribution >= 0.6 is 22.7 Å². The van der Waals surface area contributed by atoms with E-state index in [0.717, 1.165) is 34.2 Å². The van der Waals surface area contributed by atoms with Gasteiger partial charge in [0.25, 0.3) is 11.8 Å². The molecule has 1 aromatic carbocycles. The molecule has 0 radical (unpaired) electrons. The summed E-state index contributed by atoms with van der Waals surface area (Å²) in [5.74, 6) is 1.41. The number of thiophene rings is 1. The van der Waals surface area contributed by atoms with E-state index < -0.39 is 0 Å². The lowest BCUT2D eigenvalue weighted by Crippen LogP contribution is -2.37. The zero-order valence-corrected chi connectivity index (χ0v) is 22.6. The number of carbonyl (C=O) groups excluding carboxylic acids is 2. The van der Waals surface area contributed by atoms with Gasteiger partial charge in [0, 0.05) is 43.1 Å². The normalized spacial score (nSPS) is 14.2. The topological polar surface area (TPSA) is 89.3 Å². The Bertz CT molecular complexity index is 1370. The summed E-state index contributed by atoms with van der Waals surface area (Å²) in [4.78, 5) is 33.4. The number of amides is 2. The number of carbonyl (C=O) groups is 2. The average molecular weight is 536 g/mol. The molecule has 37 heavy (non-hydrogen) atoms. The van der Waals surface area contributed by atoms with Crippen molar-refractivity contribution >= 4 is 40.3 Å². The highest BCUT2D eigenvalue weighted by Crippen LogP contribution is 2.31. The van der Waals surface area contributed by atoms with Gasteiger partial charge in [-0.05, 0) is 62.4 Å². The minimum absolute atomic E-state index is 0.0341. The van der Waals surface area contributed by atoms with E-state index >= 15 is 0 Å². The van der Waals surface area contributed by atoms with Gasteiger partial charge in [0.1, 0.15) is 23.0 Å². The molecule has 8 nitrogen and oxygen atoms in total. The van der Waals surface area contributed by atoms with E-state index in [-0.39, 0.29) is 23.8 Å². The van der Waals surface area contributed by atoms with Crippen molar-refractivity contribution in [3.8, 4) is 16.3 Å². The lowest BCUT2D eigenvalue weighted by atomic mass is 9.97. The Morgan fingerprint density at radius 2 is 1.86 bits per heavy atom. The molecule has 0 unspecified atom stereocenters. The van der Waals surface area contributed by atoms with Crippen molar-refractivity contribution in [2.24, 2.45) is 7.05 Å². The molecular weight excluding hydrogens is 506 g/mol. The number of hydrogen-bond acceptors (Lipinski definition) is 7. The summed E-state index contributed by atoms with van der Waals surface area (Å²) in [6.45, 7) is 5.28. The van der Waals surface area contributed by atoms with Crippen molar-refractivity contribution in [1.82, 2.24) is 19.7 Å². The second-order valence-corrected chi connectivity index (χ2v) is 11.1. The molecule has 1 fully saturated rings. The molecule has 0 aliphatic carbocycles. The summed E-state index contributed by atoms with van der Waals surface area (Å²) >= 11 is 3.11. The Labute approximate surface area is 223 Å². The first-order chi connectivity index (χ1) is 17.9. The van der Waals surface area contributed by atoms with Gasteiger partial charge in [-0.25, -0.2) is 4.98 Å². The van der Waals surface area contributed by atoms with Crippen molar-refractivity contribution in [3.05, 3.63) is 69.5 Å². The van der Waals surface area contributed by atoms with Gasteiger partial charge in [0.05, 0.1) is 16.0 Å². The third-order valence-corrected chi connectivity index (χ3v) is 8.15. The zero-order chi connectivity index (χ0) is 25.9. The molecule has 0 saturated carbocycles. The fourth-order valence-electron chi connectivity index (χ4n) is 4.35. The Balaban J connectivity index is 1.16. The molecule has 1 aliphatic rings. The highest BCUT2D eigenvalue weighted by Gasteiger charge is 2.27. The molecular formula is C27H29N5O3S2. The highest BCUT2D eigenvalue weighted by molar-refractivity contribution is 7.13. The number of ether oxygens (including phenoxy) is 1. The Hall–Kier alpha value is -3.50. The van der Waals surface area contributed by atoms with E-state index in [0.29, 0.717) is 30.2 Å². The van der Waals surface area contributed by atoms with E-state index in [1.54, 1.807) is 21.4 Å². The van der Waals surface area contributed by atoms with Crippen LogP contribution < -0.4 is 10.1 Å². The third kappa shape index (κ3) is 5.75. The molecule has 0 atom stereocenters. The summed E-state index contributed by atoms with van der Waals surface area (Å²) in [6, 6.07) is 13.2. The second-order valence-electron chi connectivity index (χ2n) is 9.30. The van der Waals surface area contributed by atoms with Crippen molar-refractivity contribution in [3.63, 3.8) is 0 Å². The monoisotopic (exact) mass is 535 g/mol. The fourth-order valence-corrected chi connectivity index (χ4v) is 6.00. The maximum atomic E-state index is 13.0. The van der Waals surface area contributed by atoms with Gasteiger partial charge < -0.3 is 15.0 Å². The van der Waals surface area contributed by atoms with Crippen LogP contribution in [-0.4, -0.2) is 50.7 Å². The minimum atomic E-state index is -0.249. The molecule has 1 N–H and O–H groups in total. The lowest BCUT2D eigenvalue weighted by molar-refractivity contribution is 0.0713. The molecule has 4 aromatic rings. The standard InChI is InChI=1S/C27H29N5O3S2/c1-17(2)35-20-8-6-19(7-9-20)27(34)32-12-10-18(11-13-32)26-28-22(16-37-26)25(33)29-24-15-21(30-31(24)3)23-5-4-14-36-23/h4-9,14-18H,10-13H2,1-3H3,(H,29,33). The van der Waals surface area contributed by atoms with E-state index in [9.17, 15) is 9.59 Å². The predicted octanol–water partition coefficient (Wildman–Crippen LogP) is 5.66. The van der Waals surface area contributed by atoms with E-state index in [1.807, 2.05) is 73.6 Å². The van der Waals surface area contributed by atoms with Crippen LogP contribution in [0.1, 0.15) is 58.5 Å². The van der Waals surface area contributed by atoms with E-state index in [2.05, 4.69) is 15.4 Å². The van der Waals surface area contributed by atoms with Gasteiger partial charge in [-0.2, -0.15) is 5.10 Å². The van der Waals surface area contributed by atoms with Gasteiger partial charge in [0.2, 0.25) is 0 Å². The lowest BCUT2D eigenvalue weighted by Gasteiger charge is -2.31. The number of piperidine rings is 1. The van der Waals surface area contributed by atoms with Gasteiger partial charge in [0.15, 0.2) is 0 Å². The smallest absolute Gasteiger partial charge is 0.276 e. The molecule has 4 heterocycles. The number of nitrogens with one attached hydrogen (secondary N) is 1. The molecule has 10 heteroatoms. The third-order valence-electron chi connectivity index (χ3n) is 6.25. The number of nitrogens with zero attached hydrogens (tertiary/aromatic N) is 4. The quantitative estimate of drug-likeness (QED) is 0.330. The van der Waals surface area contributed by atoms with Crippen LogP contribution in [0.15, 0.2) is 53.2 Å². The van der Waals surface area contributed by atoms with Gasteiger partial charge >= 0.3 is 0 Å². The maximum Gasteiger partial charge on any atom is 0.276 e. The molecule has 1 aliphatic heterocycles. The number of benzene rings is 1. The fraction of sp³-hybridized carbons (Fsp3) is 0.333. The number of hydrogen-bond donors (Lipinski definition) is 1. The summed E-state index contributed by atoms with van der Waals surface area (Å²) in [5.41, 5.74) is 1.90. The summed E-state index contributed by atoms with van der Waals surface area (Å²) in [6.07, 6.45) is 1.74. The van der Waals surface area contributed by atoms with Gasteiger partial charge in [-0.15, -0.1) is 22.7 Å². The molecule has 2 amide bonds. The number of anilines is 1. The Kier molecular flexibility index (Phi) is 7.38. The van der Waals surface area contributed by atoms with Crippen LogP contribution in [0.2, 0.25) is 0 Å². The molecule has 1 saturated heterocycles. The van der Waals surface area contributed by atoms with Crippen LogP contribution in [0, 0.1) is 0 Å². The SMILES string of the molecule is CC(C)Oc1ccc(C(=O)N2CCC(c3nc(C(=O)Nc4cc(-c5cccs5)nn4C)cs3)CC2)cc1. The van der Waals surface area contributed by atoms with Crippen LogP contribution in [0.4, 0.5) is 5.82 Å². The Morgan fingerprint density at radius 3 is 2.54 bits per heavy atom. The van der Waals surface area contributed by atoms with Gasteiger partial charge in [-0.3, -0.25) is 14.3 Å². The first-order valence-corrected chi connectivity index (χ1v) is 14.0. The number of rotatable bonds is 7. The van der Waals surface area contributed by atoms with Crippen molar-refractivity contribution in [2.75, 3.05) is 18.4 Å². The summed E-state index contributed by atoms with van der Waals surface area (Å²) in [7, 11) is 1.81. The second kappa shape index (κ2) is 10.9. The largest absolute Gasteiger partial charge is 0.491 e. The summed E-state index contributed by atoms with van der Waals surface area (Å²) in [5, 5.41) is 12.2. The van der Waals surface area contributed by atoms with E-state index in [1.165, 1.54) is 11.3 Å². The average Bonchev–Trinajstić information content (AvgIpc) is 3.66. The molecule has 3 aromatic heterocycles. The van der Waals surface area contributed by atoms with Crippen LogP contribution in [-0.2, 0) is 7.05 Å². The van der Waals surface area contributed by atoms with Crippen molar-refractivity contribution in [1.29, 1.82) is 0 Å². The van der Waals surface area contributed by atoms with Crippen LogP contribution in [0.3, 0.4) is 0 Å². The first-order valence-electron chi connectivity index (χ1n) is 12.3. The number of aryl methyl sites for hydroxylation is 1. The van der Waals surface area contributed by atoms with E-state index in [4.69, 9.17) is 4.74 Å². The van der Waals surface area contributed by atoms with Crippen LogP contribution in [0.25, 0.3) is 10.6 Å². The van der Waals surface area contributed by atoms with Crippen LogP contribution in [0.5, 0.6) is 5.75 Å². The Morgan fingerprint density at radius 1 is 1.11 bits per heavy atom. The molecule has 0 spiro atoms. The number of aromatic nitrogens is 3. The van der Waals surface area contributed by atoms with Crippen molar-refractivity contribution in [2.45, 2.75) is 38.7 Å². The predicted molar refractivity (Wildman–Crippen MR) is 147 cm³/mol. The van der Waals surface area contributed by atoms with Crippen molar-refractivity contribution < 1.29 is 14.3 Å². The van der Waals surface area contributed by atoms with Gasteiger partial charge in [-0.1, -0.05) is 6.07 Å². The zero-order valence-electron chi connectivity index (χ0n) is 21.0. The maximum absolute atomic E-state index is 13.0. The summed E-state index contributed by atoms with van der Waals surface area (Å²) < 4.78 is 7.33. The molecule has 0 bridgehead atoms. The first kappa shape index (κ1) is 25.2. The molecule has 5 rings (SSSR count). The number of thiazole rings is 1. The molecule has 192 valence electrons. The minimum Gasteiger partial charge on any atom is -0.491 e. The highest BCUT2D eigenvalue weighted by atomic mass is 32.1.